The molecule has 7 nitrogen and oxygen atoms in total. The second-order valence-electron chi connectivity index (χ2n) is 7.71. The van der Waals surface area contributed by atoms with Gasteiger partial charge in [-0.25, -0.2) is 9.97 Å². The summed E-state index contributed by atoms with van der Waals surface area (Å²) in [5, 5.41) is 0.724. The molecule has 1 unspecified atom stereocenters. The number of amides is 1. The molecule has 0 spiro atoms. The van der Waals surface area contributed by atoms with Crippen LogP contribution in [0.4, 0.5) is 5.95 Å². The molecule has 0 aliphatic carbocycles. The number of benzene rings is 2. The summed E-state index contributed by atoms with van der Waals surface area (Å²) in [6, 6.07) is 13.0. The van der Waals surface area contributed by atoms with Gasteiger partial charge in [-0.3, -0.25) is 14.5 Å². The molecule has 33 heavy (non-hydrogen) atoms. The molecule has 2 aromatic heterocycles. The third-order valence-electron chi connectivity index (χ3n) is 5.56. The van der Waals surface area contributed by atoms with Gasteiger partial charge < -0.3 is 9.15 Å². The predicted octanol–water partition coefficient (Wildman–Crippen LogP) is 5.17. The monoisotopic (exact) mass is 461 g/mol. The Kier molecular flexibility index (Phi) is 5.56. The molecule has 2 aromatic carbocycles. The molecule has 0 fully saturated rings. The zero-order chi connectivity index (χ0) is 22.9. The van der Waals surface area contributed by atoms with E-state index in [0.717, 1.165) is 18.6 Å². The Balaban J connectivity index is 1.67. The summed E-state index contributed by atoms with van der Waals surface area (Å²) in [6.07, 6.45) is 5.10. The van der Waals surface area contributed by atoms with E-state index in [0.29, 0.717) is 28.2 Å². The van der Waals surface area contributed by atoms with Crippen LogP contribution in [0.2, 0.25) is 5.02 Å². The third-order valence-corrected chi connectivity index (χ3v) is 5.80. The number of halogens is 1. The van der Waals surface area contributed by atoms with Gasteiger partial charge in [0.05, 0.1) is 23.6 Å². The van der Waals surface area contributed by atoms with Crippen molar-refractivity contribution in [3.63, 3.8) is 0 Å². The van der Waals surface area contributed by atoms with Crippen molar-refractivity contribution in [2.45, 2.75) is 25.8 Å². The van der Waals surface area contributed by atoms with E-state index in [1.165, 1.54) is 4.90 Å². The first-order chi connectivity index (χ1) is 16.1. The maximum atomic E-state index is 13.6. The number of rotatable bonds is 6. The maximum Gasteiger partial charge on any atom is 0.297 e. The van der Waals surface area contributed by atoms with Crippen molar-refractivity contribution in [2.75, 3.05) is 11.5 Å². The fourth-order valence-electron chi connectivity index (χ4n) is 3.96. The van der Waals surface area contributed by atoms with Crippen molar-refractivity contribution in [1.82, 2.24) is 9.97 Å². The molecule has 0 radical (unpaired) electrons. The summed E-state index contributed by atoms with van der Waals surface area (Å²) < 4.78 is 11.7. The number of anilines is 1. The molecular formula is C25H20ClN3O4. The zero-order valence-electron chi connectivity index (χ0n) is 17.8. The molecule has 0 saturated carbocycles. The number of ether oxygens (including phenoxy) is 1. The van der Waals surface area contributed by atoms with Gasteiger partial charge in [-0.2, -0.15) is 0 Å². The van der Waals surface area contributed by atoms with E-state index in [4.69, 9.17) is 20.8 Å². The van der Waals surface area contributed by atoms with Crippen LogP contribution in [-0.2, 0) is 0 Å². The van der Waals surface area contributed by atoms with E-state index >= 15 is 0 Å². The molecule has 8 heteroatoms. The maximum absolute atomic E-state index is 13.6. The average molecular weight is 462 g/mol. The standard InChI is InChI=1S/C25H20ClN3O4/c1-2-3-13-32-17-8-5-15(6-9-17)21-20-22(30)18-14-16(26)7-10-19(18)33-23(20)24(31)29(21)25-27-11-4-12-28-25/h4-12,14,21H,2-3,13H2,1H3. The van der Waals surface area contributed by atoms with Crippen molar-refractivity contribution in [3.8, 4) is 5.75 Å². The fraction of sp³-hybridized carbons (Fsp3) is 0.200. The lowest BCUT2D eigenvalue weighted by Gasteiger charge is -2.23. The quantitative estimate of drug-likeness (QED) is 0.368. The predicted molar refractivity (Wildman–Crippen MR) is 125 cm³/mol. The number of fused-ring (bicyclic) bond motifs is 2. The SMILES string of the molecule is CCCCOc1ccc(C2c3c(oc4ccc(Cl)cc4c3=O)C(=O)N2c2ncccn2)cc1. The van der Waals surface area contributed by atoms with Crippen molar-refractivity contribution in [2.24, 2.45) is 0 Å². The number of carbonyl (C=O) groups excluding carboxylic acids is 1. The molecule has 166 valence electrons. The number of hydrogen-bond acceptors (Lipinski definition) is 6. The first kappa shape index (κ1) is 21.2. The lowest BCUT2D eigenvalue weighted by molar-refractivity contribution is 0.0969. The summed E-state index contributed by atoms with van der Waals surface area (Å²) in [5.41, 5.74) is 0.937. The van der Waals surface area contributed by atoms with Crippen LogP contribution in [-0.4, -0.2) is 22.5 Å². The lowest BCUT2D eigenvalue weighted by Crippen LogP contribution is -2.31. The molecule has 1 aliphatic heterocycles. The van der Waals surface area contributed by atoms with Gasteiger partial charge in [0.1, 0.15) is 11.3 Å². The van der Waals surface area contributed by atoms with Crippen LogP contribution in [0.1, 0.15) is 47.5 Å². The molecular weight excluding hydrogens is 442 g/mol. The highest BCUT2D eigenvalue weighted by molar-refractivity contribution is 6.31. The second-order valence-corrected chi connectivity index (χ2v) is 8.15. The minimum absolute atomic E-state index is 0.0180. The Hall–Kier alpha value is -3.71. The van der Waals surface area contributed by atoms with Crippen LogP contribution in [0, 0.1) is 0 Å². The molecule has 3 heterocycles. The minimum atomic E-state index is -0.751. The molecule has 1 aliphatic rings. The molecule has 5 rings (SSSR count). The van der Waals surface area contributed by atoms with Gasteiger partial charge in [-0.1, -0.05) is 37.1 Å². The first-order valence-electron chi connectivity index (χ1n) is 10.7. The van der Waals surface area contributed by atoms with Crippen LogP contribution < -0.4 is 15.1 Å². The van der Waals surface area contributed by atoms with Crippen LogP contribution in [0.5, 0.6) is 5.75 Å². The van der Waals surface area contributed by atoms with E-state index in [1.54, 1.807) is 36.7 Å². The Morgan fingerprint density at radius 2 is 1.85 bits per heavy atom. The zero-order valence-corrected chi connectivity index (χ0v) is 18.6. The van der Waals surface area contributed by atoms with E-state index in [9.17, 15) is 9.59 Å². The van der Waals surface area contributed by atoms with Gasteiger partial charge in [-0.15, -0.1) is 0 Å². The van der Waals surface area contributed by atoms with Crippen molar-refractivity contribution >= 4 is 34.4 Å². The van der Waals surface area contributed by atoms with E-state index in [-0.39, 0.29) is 22.7 Å². The first-order valence-corrected chi connectivity index (χ1v) is 11.1. The second kappa shape index (κ2) is 8.67. The summed E-state index contributed by atoms with van der Waals surface area (Å²) in [4.78, 5) is 36.9. The number of aromatic nitrogens is 2. The van der Waals surface area contributed by atoms with Gasteiger partial charge in [0.2, 0.25) is 11.7 Å². The summed E-state index contributed by atoms with van der Waals surface area (Å²) >= 11 is 6.13. The Morgan fingerprint density at radius 3 is 2.58 bits per heavy atom. The normalized spacial score (nSPS) is 15.2. The molecule has 0 N–H and O–H groups in total. The van der Waals surface area contributed by atoms with Crippen LogP contribution in [0.15, 0.2) is 70.1 Å². The van der Waals surface area contributed by atoms with Crippen LogP contribution in [0.3, 0.4) is 0 Å². The van der Waals surface area contributed by atoms with E-state index in [2.05, 4.69) is 16.9 Å². The topological polar surface area (TPSA) is 85.5 Å². The van der Waals surface area contributed by atoms with Gasteiger partial charge in [0, 0.05) is 17.4 Å². The summed E-state index contributed by atoms with van der Waals surface area (Å²) in [5.74, 6) is 0.411. The Bertz CT molecular complexity index is 1390. The van der Waals surface area contributed by atoms with Crippen LogP contribution in [0.25, 0.3) is 11.0 Å². The number of carbonyl (C=O) groups is 1. The lowest BCUT2D eigenvalue weighted by atomic mass is 9.98. The van der Waals surface area contributed by atoms with Gasteiger partial charge in [0.25, 0.3) is 5.91 Å². The summed E-state index contributed by atoms with van der Waals surface area (Å²) in [7, 11) is 0. The van der Waals surface area contributed by atoms with Crippen molar-refractivity contribution < 1.29 is 13.9 Å². The number of hydrogen-bond donors (Lipinski definition) is 0. The molecule has 1 amide bonds. The van der Waals surface area contributed by atoms with Crippen molar-refractivity contribution in [1.29, 1.82) is 0 Å². The van der Waals surface area contributed by atoms with Gasteiger partial charge in [-0.05, 0) is 48.4 Å². The molecule has 0 bridgehead atoms. The van der Waals surface area contributed by atoms with Gasteiger partial charge >= 0.3 is 0 Å². The van der Waals surface area contributed by atoms with Crippen molar-refractivity contribution in [3.05, 3.63) is 93.1 Å². The Labute approximate surface area is 194 Å². The molecule has 0 saturated heterocycles. The smallest absolute Gasteiger partial charge is 0.297 e. The highest BCUT2D eigenvalue weighted by atomic mass is 35.5. The largest absolute Gasteiger partial charge is 0.494 e. The molecule has 4 aromatic rings. The number of unbranched alkanes of at least 4 members (excludes halogenated alkanes) is 1. The average Bonchev–Trinajstić information content (AvgIpc) is 3.13. The van der Waals surface area contributed by atoms with Gasteiger partial charge in [0.15, 0.2) is 5.43 Å². The van der Waals surface area contributed by atoms with Crippen LogP contribution >= 0.6 is 11.6 Å². The van der Waals surface area contributed by atoms with E-state index in [1.807, 2.05) is 24.3 Å². The van der Waals surface area contributed by atoms with E-state index < -0.39 is 11.9 Å². The molecule has 1 atom stereocenters. The minimum Gasteiger partial charge on any atom is -0.494 e. The third kappa shape index (κ3) is 3.74. The Morgan fingerprint density at radius 1 is 1.09 bits per heavy atom. The highest BCUT2D eigenvalue weighted by Crippen LogP contribution is 2.40. The highest BCUT2D eigenvalue weighted by Gasteiger charge is 2.44. The fourth-order valence-corrected chi connectivity index (χ4v) is 4.14. The number of nitrogens with zero attached hydrogens (tertiary/aromatic N) is 3. The summed E-state index contributed by atoms with van der Waals surface area (Å²) in [6.45, 7) is 2.73.